The SMILES string of the molecule is CCC(=O)OCC(C)CC1=CCCC=C1. The van der Waals surface area contributed by atoms with Crippen molar-refractivity contribution in [1.29, 1.82) is 0 Å². The van der Waals surface area contributed by atoms with Gasteiger partial charge in [0, 0.05) is 6.42 Å². The van der Waals surface area contributed by atoms with Gasteiger partial charge in [-0.25, -0.2) is 0 Å². The summed E-state index contributed by atoms with van der Waals surface area (Å²) in [6.07, 6.45) is 10.4. The minimum Gasteiger partial charge on any atom is -0.465 e. The van der Waals surface area contributed by atoms with Crippen molar-refractivity contribution in [3.05, 3.63) is 23.8 Å². The Morgan fingerprint density at radius 1 is 1.53 bits per heavy atom. The van der Waals surface area contributed by atoms with Crippen LogP contribution < -0.4 is 0 Å². The molecule has 2 heteroatoms. The molecule has 1 aliphatic rings. The van der Waals surface area contributed by atoms with Crippen molar-refractivity contribution >= 4 is 5.97 Å². The Hall–Kier alpha value is -1.05. The van der Waals surface area contributed by atoms with E-state index in [0.717, 1.165) is 19.3 Å². The number of hydrogen-bond acceptors (Lipinski definition) is 2. The van der Waals surface area contributed by atoms with E-state index in [1.165, 1.54) is 5.57 Å². The molecule has 0 aromatic heterocycles. The molecule has 0 spiro atoms. The minimum atomic E-state index is -0.102. The molecule has 0 amide bonds. The minimum absolute atomic E-state index is 0.102. The van der Waals surface area contributed by atoms with E-state index in [1.807, 2.05) is 6.92 Å². The molecule has 0 saturated carbocycles. The first kappa shape index (κ1) is 12.0. The van der Waals surface area contributed by atoms with Crippen LogP contribution in [0.2, 0.25) is 0 Å². The highest BCUT2D eigenvalue weighted by molar-refractivity contribution is 5.68. The number of hydrogen-bond donors (Lipinski definition) is 0. The number of carbonyl (C=O) groups excluding carboxylic acids is 1. The molecule has 1 rings (SSSR count). The summed E-state index contributed by atoms with van der Waals surface area (Å²) < 4.78 is 5.10. The van der Waals surface area contributed by atoms with Crippen molar-refractivity contribution in [2.24, 2.45) is 5.92 Å². The van der Waals surface area contributed by atoms with E-state index in [9.17, 15) is 4.79 Å². The highest BCUT2D eigenvalue weighted by Gasteiger charge is 2.08. The van der Waals surface area contributed by atoms with Gasteiger partial charge in [-0.05, 0) is 25.2 Å². The van der Waals surface area contributed by atoms with Crippen LogP contribution in [0.3, 0.4) is 0 Å². The van der Waals surface area contributed by atoms with Gasteiger partial charge in [-0.3, -0.25) is 4.79 Å². The third-order valence-electron chi connectivity index (χ3n) is 2.47. The zero-order valence-corrected chi connectivity index (χ0v) is 9.66. The molecule has 0 aromatic rings. The predicted octanol–water partition coefficient (Wildman–Crippen LogP) is 3.24. The fraction of sp³-hybridized carbons (Fsp3) is 0.615. The Morgan fingerprint density at radius 2 is 2.33 bits per heavy atom. The van der Waals surface area contributed by atoms with E-state index in [-0.39, 0.29) is 5.97 Å². The Kier molecular flexibility index (Phi) is 5.16. The molecule has 0 aromatic carbocycles. The quantitative estimate of drug-likeness (QED) is 0.648. The van der Waals surface area contributed by atoms with Crippen molar-refractivity contribution in [2.45, 2.75) is 39.5 Å². The van der Waals surface area contributed by atoms with Crippen molar-refractivity contribution in [2.75, 3.05) is 6.61 Å². The smallest absolute Gasteiger partial charge is 0.305 e. The lowest BCUT2D eigenvalue weighted by atomic mass is 9.97. The van der Waals surface area contributed by atoms with Crippen LogP contribution in [0.1, 0.15) is 39.5 Å². The lowest BCUT2D eigenvalue weighted by molar-refractivity contribution is -0.144. The maximum atomic E-state index is 11.0. The van der Waals surface area contributed by atoms with Gasteiger partial charge in [0.25, 0.3) is 0 Å². The first-order valence-corrected chi connectivity index (χ1v) is 5.73. The molecule has 0 radical (unpaired) electrons. The van der Waals surface area contributed by atoms with Crippen molar-refractivity contribution in [1.82, 2.24) is 0 Å². The fourth-order valence-corrected chi connectivity index (χ4v) is 1.62. The van der Waals surface area contributed by atoms with Crippen LogP contribution in [0.4, 0.5) is 0 Å². The monoisotopic (exact) mass is 208 g/mol. The van der Waals surface area contributed by atoms with Gasteiger partial charge in [-0.15, -0.1) is 0 Å². The second kappa shape index (κ2) is 6.44. The average Bonchev–Trinajstić information content (AvgIpc) is 2.27. The van der Waals surface area contributed by atoms with Gasteiger partial charge >= 0.3 is 5.97 Å². The van der Waals surface area contributed by atoms with E-state index in [4.69, 9.17) is 4.74 Å². The molecule has 0 N–H and O–H groups in total. The van der Waals surface area contributed by atoms with Gasteiger partial charge in [-0.1, -0.05) is 37.6 Å². The number of esters is 1. The number of ether oxygens (including phenoxy) is 1. The molecular weight excluding hydrogens is 188 g/mol. The Labute approximate surface area is 92.0 Å². The van der Waals surface area contributed by atoms with Crippen LogP contribution in [-0.4, -0.2) is 12.6 Å². The van der Waals surface area contributed by atoms with Crippen LogP contribution >= 0.6 is 0 Å². The molecule has 0 heterocycles. The standard InChI is InChI=1S/C13H20O2/c1-3-13(14)15-10-11(2)9-12-7-5-4-6-8-12/h5,7-8,11H,3-4,6,9-10H2,1-2H3. The molecule has 0 aliphatic heterocycles. The summed E-state index contributed by atoms with van der Waals surface area (Å²) in [6.45, 7) is 4.48. The van der Waals surface area contributed by atoms with Gasteiger partial charge in [0.1, 0.15) is 0 Å². The molecule has 0 fully saturated rings. The second-order valence-electron chi connectivity index (χ2n) is 4.10. The van der Waals surface area contributed by atoms with E-state index >= 15 is 0 Å². The van der Waals surface area contributed by atoms with Gasteiger partial charge in [0.05, 0.1) is 6.61 Å². The maximum Gasteiger partial charge on any atom is 0.305 e. The third-order valence-corrected chi connectivity index (χ3v) is 2.47. The Balaban J connectivity index is 2.23. The lowest BCUT2D eigenvalue weighted by Gasteiger charge is -2.14. The fourth-order valence-electron chi connectivity index (χ4n) is 1.62. The molecule has 0 saturated heterocycles. The first-order valence-electron chi connectivity index (χ1n) is 5.73. The van der Waals surface area contributed by atoms with Crippen LogP contribution in [0.15, 0.2) is 23.8 Å². The normalized spacial score (nSPS) is 17.1. The zero-order valence-electron chi connectivity index (χ0n) is 9.66. The highest BCUT2D eigenvalue weighted by Crippen LogP contribution is 2.18. The van der Waals surface area contributed by atoms with Gasteiger partial charge in [0.15, 0.2) is 0 Å². The van der Waals surface area contributed by atoms with E-state index in [1.54, 1.807) is 0 Å². The summed E-state index contributed by atoms with van der Waals surface area (Å²) in [4.78, 5) is 11.0. The van der Waals surface area contributed by atoms with E-state index in [0.29, 0.717) is 18.9 Å². The maximum absolute atomic E-state index is 11.0. The topological polar surface area (TPSA) is 26.3 Å². The van der Waals surface area contributed by atoms with Gasteiger partial charge in [0.2, 0.25) is 0 Å². The molecule has 84 valence electrons. The molecule has 1 aliphatic carbocycles. The van der Waals surface area contributed by atoms with Gasteiger partial charge in [-0.2, -0.15) is 0 Å². The summed E-state index contributed by atoms with van der Waals surface area (Å²) in [5, 5.41) is 0. The van der Waals surface area contributed by atoms with Crippen LogP contribution in [0, 0.1) is 5.92 Å². The summed E-state index contributed by atoms with van der Waals surface area (Å²) in [5.74, 6) is 0.310. The summed E-state index contributed by atoms with van der Waals surface area (Å²) in [6, 6.07) is 0. The van der Waals surface area contributed by atoms with Crippen molar-refractivity contribution in [3.8, 4) is 0 Å². The summed E-state index contributed by atoms with van der Waals surface area (Å²) >= 11 is 0. The average molecular weight is 208 g/mol. The Bertz CT molecular complexity index is 264. The zero-order chi connectivity index (χ0) is 11.1. The molecular formula is C13H20O2. The molecule has 1 unspecified atom stereocenters. The lowest BCUT2D eigenvalue weighted by Crippen LogP contribution is -2.11. The Morgan fingerprint density at radius 3 is 2.93 bits per heavy atom. The van der Waals surface area contributed by atoms with Crippen LogP contribution in [0.5, 0.6) is 0 Å². The molecule has 2 nitrogen and oxygen atoms in total. The third kappa shape index (κ3) is 4.82. The summed E-state index contributed by atoms with van der Waals surface area (Å²) in [5.41, 5.74) is 1.38. The predicted molar refractivity (Wildman–Crippen MR) is 61.5 cm³/mol. The summed E-state index contributed by atoms with van der Waals surface area (Å²) in [7, 11) is 0. The van der Waals surface area contributed by atoms with Crippen LogP contribution in [-0.2, 0) is 9.53 Å². The number of carbonyl (C=O) groups is 1. The van der Waals surface area contributed by atoms with Crippen LogP contribution in [0.25, 0.3) is 0 Å². The molecule has 1 atom stereocenters. The van der Waals surface area contributed by atoms with Crippen molar-refractivity contribution < 1.29 is 9.53 Å². The molecule has 0 bridgehead atoms. The highest BCUT2D eigenvalue weighted by atomic mass is 16.5. The van der Waals surface area contributed by atoms with Crippen molar-refractivity contribution in [3.63, 3.8) is 0 Å². The van der Waals surface area contributed by atoms with Gasteiger partial charge < -0.3 is 4.74 Å². The largest absolute Gasteiger partial charge is 0.465 e. The second-order valence-corrected chi connectivity index (χ2v) is 4.10. The van der Waals surface area contributed by atoms with E-state index in [2.05, 4.69) is 25.2 Å². The number of allylic oxidation sites excluding steroid dienone is 4. The van der Waals surface area contributed by atoms with E-state index < -0.39 is 0 Å². The number of rotatable bonds is 5. The molecule has 15 heavy (non-hydrogen) atoms. The first-order chi connectivity index (χ1) is 7.22.